The zero-order valence-electron chi connectivity index (χ0n) is 8.61. The normalized spacial score (nSPS) is 16.7. The van der Waals surface area contributed by atoms with E-state index in [1.54, 1.807) is 6.92 Å². The molecule has 1 rings (SSSR count). The molecule has 8 heteroatoms. The summed E-state index contributed by atoms with van der Waals surface area (Å²) in [5, 5.41) is 10.7. The molecule has 0 amide bonds. The molecule has 0 aromatic carbocycles. The Morgan fingerprint density at radius 3 is 3.00 bits per heavy atom. The number of aliphatic imine (C=N–C) groups is 1. The van der Waals surface area contributed by atoms with E-state index >= 15 is 0 Å². The Labute approximate surface area is 91.3 Å². The molecule has 0 unspecified atom stereocenters. The Hall–Kier alpha value is -2.38. The van der Waals surface area contributed by atoms with Crippen molar-refractivity contribution in [3.05, 3.63) is 11.6 Å². The fraction of sp³-hybridized carbons (Fsp3) is 0.250. The number of nitrogens with two attached hydrogens (primary N) is 1. The van der Waals surface area contributed by atoms with Crippen LogP contribution in [0.3, 0.4) is 0 Å². The molecule has 0 fully saturated rings. The third-order valence-electron chi connectivity index (χ3n) is 1.54. The van der Waals surface area contributed by atoms with Crippen molar-refractivity contribution in [2.24, 2.45) is 15.8 Å². The lowest BCUT2D eigenvalue weighted by atomic mass is 10.4. The van der Waals surface area contributed by atoms with Crippen LogP contribution in [0.4, 0.5) is 0 Å². The number of carbonyl (C=O) groups excluding carboxylic acids is 1. The van der Waals surface area contributed by atoms with E-state index in [-0.39, 0.29) is 29.9 Å². The van der Waals surface area contributed by atoms with Gasteiger partial charge in [-0.25, -0.2) is 10.2 Å². The molecule has 16 heavy (non-hydrogen) atoms. The number of amidine groups is 1. The second-order valence-electron chi connectivity index (χ2n) is 2.60. The van der Waals surface area contributed by atoms with E-state index in [4.69, 9.17) is 15.9 Å². The summed E-state index contributed by atoms with van der Waals surface area (Å²) in [5.74, 6) is -1.35. The van der Waals surface area contributed by atoms with Crippen LogP contribution in [0.15, 0.2) is 21.7 Å². The minimum atomic E-state index is -0.711. The lowest BCUT2D eigenvalue weighted by Gasteiger charge is -2.03. The van der Waals surface area contributed by atoms with Crippen LogP contribution in [0.25, 0.3) is 0 Å². The number of nitrogens with zero attached hydrogens (tertiary/aromatic N) is 2. The van der Waals surface area contributed by atoms with Crippen LogP contribution >= 0.6 is 0 Å². The second-order valence-corrected chi connectivity index (χ2v) is 2.60. The smallest absolute Gasteiger partial charge is 0.396 e. The summed E-state index contributed by atoms with van der Waals surface area (Å²) in [6.07, 6.45) is 0. The molecule has 0 aliphatic carbocycles. The number of hydrogen-bond donors (Lipinski definition) is 3. The zero-order chi connectivity index (χ0) is 12.1. The molecule has 0 spiro atoms. The van der Waals surface area contributed by atoms with Crippen molar-refractivity contribution in [3.8, 4) is 0 Å². The molecule has 0 aromatic rings. The van der Waals surface area contributed by atoms with Gasteiger partial charge in [-0.1, -0.05) is 0 Å². The summed E-state index contributed by atoms with van der Waals surface area (Å²) in [5.41, 5.74) is 7.56. The van der Waals surface area contributed by atoms with Gasteiger partial charge in [-0.05, 0) is 13.6 Å². The third-order valence-corrected chi connectivity index (χ3v) is 1.54. The molecule has 4 N–H and O–H groups in total. The first kappa shape index (κ1) is 11.7. The SMILES string of the molecule is C=NC(C(=N)N)=C1NN=C(C(=O)OCC)O1. The van der Waals surface area contributed by atoms with Crippen molar-refractivity contribution in [2.45, 2.75) is 6.92 Å². The van der Waals surface area contributed by atoms with Crippen molar-refractivity contribution in [2.75, 3.05) is 6.61 Å². The molecule has 8 nitrogen and oxygen atoms in total. The summed E-state index contributed by atoms with van der Waals surface area (Å²) in [6.45, 7) is 5.08. The highest BCUT2D eigenvalue weighted by atomic mass is 16.6. The van der Waals surface area contributed by atoms with Crippen molar-refractivity contribution in [3.63, 3.8) is 0 Å². The Kier molecular flexibility index (Phi) is 3.59. The van der Waals surface area contributed by atoms with Crippen LogP contribution in [0.5, 0.6) is 0 Å². The van der Waals surface area contributed by atoms with E-state index in [0.29, 0.717) is 0 Å². The standard InChI is InChI=1S/C8H11N5O3/c1-3-15-8(14)7-13-12-6(16-7)4(11-2)5(9)10/h12H,2-3H2,1H3,(H3,9,10). The maximum absolute atomic E-state index is 11.2. The van der Waals surface area contributed by atoms with Gasteiger partial charge in [0.15, 0.2) is 5.70 Å². The Balaban J connectivity index is 2.79. The highest BCUT2D eigenvalue weighted by molar-refractivity contribution is 6.33. The molecule has 86 valence electrons. The molecule has 0 atom stereocenters. The van der Waals surface area contributed by atoms with E-state index in [2.05, 4.69) is 27.0 Å². The van der Waals surface area contributed by atoms with E-state index in [9.17, 15) is 4.79 Å². The molecule has 1 heterocycles. The highest BCUT2D eigenvalue weighted by Crippen LogP contribution is 2.10. The van der Waals surface area contributed by atoms with Crippen molar-refractivity contribution < 1.29 is 14.3 Å². The van der Waals surface area contributed by atoms with Crippen LogP contribution in [-0.4, -0.2) is 31.0 Å². The molecule has 0 saturated carbocycles. The van der Waals surface area contributed by atoms with Gasteiger partial charge in [-0.2, -0.15) is 0 Å². The van der Waals surface area contributed by atoms with Gasteiger partial charge in [-0.3, -0.25) is 10.4 Å². The first-order chi connectivity index (χ1) is 7.60. The first-order valence-electron chi connectivity index (χ1n) is 4.34. The quantitative estimate of drug-likeness (QED) is 0.331. The topological polar surface area (TPSA) is 122 Å². The van der Waals surface area contributed by atoms with Gasteiger partial charge >= 0.3 is 11.9 Å². The fourth-order valence-corrected chi connectivity index (χ4v) is 0.905. The minimum absolute atomic E-state index is 0.0226. The van der Waals surface area contributed by atoms with Gasteiger partial charge in [0, 0.05) is 0 Å². The lowest BCUT2D eigenvalue weighted by Crippen LogP contribution is -2.20. The largest absolute Gasteiger partial charge is 0.459 e. The molecule has 1 aliphatic rings. The monoisotopic (exact) mass is 225 g/mol. The number of ether oxygens (including phenoxy) is 2. The first-order valence-corrected chi connectivity index (χ1v) is 4.34. The van der Waals surface area contributed by atoms with Gasteiger partial charge in [0.05, 0.1) is 6.61 Å². The van der Waals surface area contributed by atoms with Gasteiger partial charge in [0.25, 0.3) is 0 Å². The van der Waals surface area contributed by atoms with E-state index in [1.165, 1.54) is 0 Å². The number of nitrogens with one attached hydrogen (secondary N) is 2. The predicted octanol–water partition coefficient (Wildman–Crippen LogP) is -0.712. The Bertz CT molecular complexity index is 398. The second kappa shape index (κ2) is 4.91. The van der Waals surface area contributed by atoms with Gasteiger partial charge in [0.1, 0.15) is 5.84 Å². The molecule has 0 bridgehead atoms. The molecule has 1 aliphatic heterocycles. The summed E-state index contributed by atoms with van der Waals surface area (Å²) >= 11 is 0. The fourth-order valence-electron chi connectivity index (χ4n) is 0.905. The molecular formula is C8H11N5O3. The van der Waals surface area contributed by atoms with Gasteiger partial charge in [-0.15, -0.1) is 5.10 Å². The Morgan fingerprint density at radius 2 is 2.50 bits per heavy atom. The molecular weight excluding hydrogens is 214 g/mol. The average molecular weight is 225 g/mol. The predicted molar refractivity (Wildman–Crippen MR) is 56.8 cm³/mol. The summed E-state index contributed by atoms with van der Waals surface area (Å²) in [4.78, 5) is 14.7. The van der Waals surface area contributed by atoms with Gasteiger partial charge < -0.3 is 15.2 Å². The molecule has 0 saturated heterocycles. The summed E-state index contributed by atoms with van der Waals surface area (Å²) < 4.78 is 9.64. The average Bonchev–Trinajstić information content (AvgIpc) is 2.68. The summed E-state index contributed by atoms with van der Waals surface area (Å²) in [6, 6.07) is 0. The van der Waals surface area contributed by atoms with Crippen LogP contribution < -0.4 is 11.2 Å². The number of rotatable bonds is 4. The maximum Gasteiger partial charge on any atom is 0.396 e. The molecule has 0 aromatic heterocycles. The van der Waals surface area contributed by atoms with E-state index < -0.39 is 5.97 Å². The number of hydrazone groups is 1. The number of esters is 1. The van der Waals surface area contributed by atoms with E-state index in [1.807, 2.05) is 0 Å². The van der Waals surface area contributed by atoms with Crippen LogP contribution in [-0.2, 0) is 14.3 Å². The maximum atomic E-state index is 11.2. The molecule has 0 radical (unpaired) electrons. The van der Waals surface area contributed by atoms with Crippen molar-refractivity contribution in [1.82, 2.24) is 5.43 Å². The van der Waals surface area contributed by atoms with Crippen molar-refractivity contribution in [1.29, 1.82) is 5.41 Å². The zero-order valence-corrected chi connectivity index (χ0v) is 8.61. The lowest BCUT2D eigenvalue weighted by molar-refractivity contribution is -0.136. The summed E-state index contributed by atoms with van der Waals surface area (Å²) in [7, 11) is 0. The minimum Gasteiger partial charge on any atom is -0.459 e. The van der Waals surface area contributed by atoms with Crippen LogP contribution in [0.1, 0.15) is 6.92 Å². The van der Waals surface area contributed by atoms with Crippen molar-refractivity contribution >= 4 is 24.4 Å². The van der Waals surface area contributed by atoms with Crippen LogP contribution in [0.2, 0.25) is 0 Å². The van der Waals surface area contributed by atoms with E-state index in [0.717, 1.165) is 0 Å². The number of hydrogen-bond acceptors (Lipinski definition) is 7. The number of carbonyl (C=O) groups is 1. The Morgan fingerprint density at radius 1 is 1.81 bits per heavy atom. The third kappa shape index (κ3) is 2.35. The van der Waals surface area contributed by atoms with Crippen LogP contribution in [0, 0.1) is 5.41 Å². The highest BCUT2D eigenvalue weighted by Gasteiger charge is 2.25. The van der Waals surface area contributed by atoms with Gasteiger partial charge in [0.2, 0.25) is 5.88 Å².